The second-order valence-corrected chi connectivity index (χ2v) is 5.73. The Labute approximate surface area is 132 Å². The van der Waals surface area contributed by atoms with Crippen molar-refractivity contribution in [2.24, 2.45) is 0 Å². The highest BCUT2D eigenvalue weighted by atomic mass is 35.5. The molecule has 0 aliphatic rings. The molecule has 0 aromatic heterocycles. The Morgan fingerprint density at radius 2 is 1.67 bits per heavy atom. The molecule has 0 aliphatic heterocycles. The van der Waals surface area contributed by atoms with E-state index in [2.05, 4.69) is 31.3 Å². The highest BCUT2D eigenvalue weighted by molar-refractivity contribution is 6.32. The molecule has 2 aromatic carbocycles. The van der Waals surface area contributed by atoms with Crippen molar-refractivity contribution in [1.82, 2.24) is 5.32 Å². The third kappa shape index (κ3) is 4.48. The first-order valence-electron chi connectivity index (χ1n) is 7.34. The van der Waals surface area contributed by atoms with Gasteiger partial charge in [-0.1, -0.05) is 42.3 Å². The predicted molar refractivity (Wildman–Crippen MR) is 89.4 cm³/mol. The van der Waals surface area contributed by atoms with E-state index >= 15 is 0 Å². The summed E-state index contributed by atoms with van der Waals surface area (Å²) in [6.45, 7) is 8.06. The van der Waals surface area contributed by atoms with E-state index in [1.807, 2.05) is 31.2 Å². The van der Waals surface area contributed by atoms with E-state index in [0.717, 1.165) is 36.4 Å². The summed E-state index contributed by atoms with van der Waals surface area (Å²) >= 11 is 6.25. The molecule has 0 atom stereocenters. The number of benzene rings is 2. The van der Waals surface area contributed by atoms with Crippen molar-refractivity contribution >= 4 is 11.6 Å². The van der Waals surface area contributed by atoms with Crippen LogP contribution in [0.25, 0.3) is 0 Å². The molecule has 2 rings (SSSR count). The lowest BCUT2D eigenvalue weighted by atomic mass is 10.1. The minimum Gasteiger partial charge on any atom is -0.455 e. The van der Waals surface area contributed by atoms with E-state index in [0.29, 0.717) is 10.8 Å². The average molecular weight is 304 g/mol. The van der Waals surface area contributed by atoms with Crippen LogP contribution in [0.2, 0.25) is 5.02 Å². The normalized spacial score (nSPS) is 10.7. The van der Waals surface area contributed by atoms with Gasteiger partial charge in [-0.2, -0.15) is 0 Å². The summed E-state index contributed by atoms with van der Waals surface area (Å²) in [5, 5.41) is 4.06. The van der Waals surface area contributed by atoms with Crippen LogP contribution in [-0.2, 0) is 6.54 Å². The van der Waals surface area contributed by atoms with Crippen molar-refractivity contribution in [3.05, 3.63) is 58.1 Å². The molecular formula is C18H22ClNO. The molecule has 1 N–H and O–H groups in total. The number of ether oxygens (including phenoxy) is 1. The third-order valence-corrected chi connectivity index (χ3v) is 3.56. The zero-order chi connectivity index (χ0) is 15.2. The minimum atomic E-state index is 0.642. The maximum Gasteiger partial charge on any atom is 0.146 e. The summed E-state index contributed by atoms with van der Waals surface area (Å²) in [7, 11) is 0. The van der Waals surface area contributed by atoms with Crippen molar-refractivity contribution in [3.63, 3.8) is 0 Å². The van der Waals surface area contributed by atoms with Crippen LogP contribution in [0, 0.1) is 13.8 Å². The predicted octanol–water partition coefficient (Wildman–Crippen LogP) is 5.25. The Balaban J connectivity index is 2.22. The van der Waals surface area contributed by atoms with Crippen molar-refractivity contribution in [2.45, 2.75) is 33.7 Å². The van der Waals surface area contributed by atoms with Gasteiger partial charge in [0.2, 0.25) is 0 Å². The molecule has 21 heavy (non-hydrogen) atoms. The summed E-state index contributed by atoms with van der Waals surface area (Å²) in [5.41, 5.74) is 3.51. The fourth-order valence-electron chi connectivity index (χ4n) is 2.15. The van der Waals surface area contributed by atoms with Crippen LogP contribution in [-0.4, -0.2) is 6.54 Å². The summed E-state index contributed by atoms with van der Waals surface area (Å²) in [6.07, 6.45) is 1.12. The smallest absolute Gasteiger partial charge is 0.146 e. The molecule has 0 unspecified atom stereocenters. The Kier molecular flexibility index (Phi) is 5.66. The van der Waals surface area contributed by atoms with Crippen molar-refractivity contribution in [2.75, 3.05) is 6.54 Å². The second-order valence-electron chi connectivity index (χ2n) is 5.32. The molecule has 0 spiro atoms. The lowest BCUT2D eigenvalue weighted by Crippen LogP contribution is -2.14. The molecule has 0 fully saturated rings. The number of hydrogen-bond donors (Lipinski definition) is 1. The van der Waals surface area contributed by atoms with Gasteiger partial charge in [-0.15, -0.1) is 0 Å². The number of nitrogens with one attached hydrogen (secondary N) is 1. The summed E-state index contributed by atoms with van der Waals surface area (Å²) in [5.74, 6) is 1.55. The number of aryl methyl sites for hydroxylation is 2. The molecule has 0 saturated heterocycles. The Morgan fingerprint density at radius 1 is 1.00 bits per heavy atom. The van der Waals surface area contributed by atoms with Gasteiger partial charge in [0.1, 0.15) is 11.5 Å². The number of hydrogen-bond acceptors (Lipinski definition) is 2. The molecular weight excluding hydrogens is 282 g/mol. The van der Waals surface area contributed by atoms with Crippen LogP contribution in [0.15, 0.2) is 36.4 Å². The fraction of sp³-hybridized carbons (Fsp3) is 0.333. The minimum absolute atomic E-state index is 0.642. The second kappa shape index (κ2) is 7.48. The summed E-state index contributed by atoms with van der Waals surface area (Å²) in [6, 6.07) is 12.1. The van der Waals surface area contributed by atoms with Gasteiger partial charge in [0, 0.05) is 12.1 Å². The Hall–Kier alpha value is -1.51. The van der Waals surface area contributed by atoms with Crippen LogP contribution in [0.1, 0.15) is 30.0 Å². The molecule has 2 aromatic rings. The molecule has 0 aliphatic carbocycles. The van der Waals surface area contributed by atoms with Gasteiger partial charge in [-0.25, -0.2) is 0 Å². The van der Waals surface area contributed by atoms with Gasteiger partial charge in [-0.3, -0.25) is 0 Å². The zero-order valence-corrected chi connectivity index (χ0v) is 13.6. The van der Waals surface area contributed by atoms with E-state index in [4.69, 9.17) is 16.3 Å². The van der Waals surface area contributed by atoms with Gasteiger partial charge in [-0.05, 0) is 50.6 Å². The zero-order valence-electron chi connectivity index (χ0n) is 12.9. The van der Waals surface area contributed by atoms with E-state index in [1.165, 1.54) is 5.56 Å². The largest absolute Gasteiger partial charge is 0.455 e. The lowest BCUT2D eigenvalue weighted by molar-refractivity contribution is 0.472. The van der Waals surface area contributed by atoms with Gasteiger partial charge >= 0.3 is 0 Å². The van der Waals surface area contributed by atoms with E-state index in [9.17, 15) is 0 Å². The molecule has 2 nitrogen and oxygen atoms in total. The molecule has 0 bridgehead atoms. The van der Waals surface area contributed by atoms with Gasteiger partial charge in [0.25, 0.3) is 0 Å². The van der Waals surface area contributed by atoms with Crippen LogP contribution < -0.4 is 10.1 Å². The quantitative estimate of drug-likeness (QED) is 0.736. The van der Waals surface area contributed by atoms with Crippen molar-refractivity contribution < 1.29 is 4.74 Å². The Bertz CT molecular complexity index is 610. The van der Waals surface area contributed by atoms with Crippen LogP contribution in [0.4, 0.5) is 0 Å². The first kappa shape index (κ1) is 15.9. The monoisotopic (exact) mass is 303 g/mol. The first-order valence-corrected chi connectivity index (χ1v) is 7.72. The molecule has 3 heteroatoms. The molecule has 0 saturated carbocycles. The topological polar surface area (TPSA) is 21.3 Å². The standard InChI is InChI=1S/C18H22ClNO/c1-4-9-20-12-15-10-13(2)5-7-17(15)21-18-8-6-14(3)11-16(18)19/h5-8,10-11,20H,4,9,12H2,1-3H3. The number of halogens is 1. The van der Waals surface area contributed by atoms with Gasteiger partial charge in [0.15, 0.2) is 0 Å². The van der Waals surface area contributed by atoms with E-state index in [1.54, 1.807) is 0 Å². The first-order chi connectivity index (χ1) is 10.1. The van der Waals surface area contributed by atoms with Gasteiger partial charge < -0.3 is 10.1 Å². The SMILES string of the molecule is CCCNCc1cc(C)ccc1Oc1ccc(C)cc1Cl. The third-order valence-electron chi connectivity index (χ3n) is 3.27. The summed E-state index contributed by atoms with van der Waals surface area (Å²) < 4.78 is 6.01. The molecule has 0 heterocycles. The lowest BCUT2D eigenvalue weighted by Gasteiger charge is -2.14. The average Bonchev–Trinajstić information content (AvgIpc) is 2.44. The van der Waals surface area contributed by atoms with E-state index in [-0.39, 0.29) is 0 Å². The highest BCUT2D eigenvalue weighted by Crippen LogP contribution is 2.32. The maximum atomic E-state index is 6.25. The molecule has 0 radical (unpaired) electrons. The Morgan fingerprint density at radius 3 is 2.33 bits per heavy atom. The molecule has 0 amide bonds. The van der Waals surface area contributed by atoms with Crippen LogP contribution in [0.5, 0.6) is 11.5 Å². The van der Waals surface area contributed by atoms with Crippen molar-refractivity contribution in [3.8, 4) is 11.5 Å². The van der Waals surface area contributed by atoms with Crippen molar-refractivity contribution in [1.29, 1.82) is 0 Å². The number of rotatable bonds is 6. The highest BCUT2D eigenvalue weighted by Gasteiger charge is 2.08. The van der Waals surface area contributed by atoms with Crippen LogP contribution in [0.3, 0.4) is 0 Å². The molecule has 112 valence electrons. The van der Waals surface area contributed by atoms with Gasteiger partial charge in [0.05, 0.1) is 5.02 Å². The summed E-state index contributed by atoms with van der Waals surface area (Å²) in [4.78, 5) is 0. The van der Waals surface area contributed by atoms with E-state index < -0.39 is 0 Å². The van der Waals surface area contributed by atoms with Crippen LogP contribution >= 0.6 is 11.6 Å². The fourth-order valence-corrected chi connectivity index (χ4v) is 2.43. The maximum absolute atomic E-state index is 6.25.